The van der Waals surface area contributed by atoms with Gasteiger partial charge in [-0.15, -0.1) is 0 Å². The zero-order valence-electron chi connectivity index (χ0n) is 15.9. The molecule has 0 aliphatic carbocycles. The van der Waals surface area contributed by atoms with Crippen molar-refractivity contribution in [2.45, 2.75) is 18.1 Å². The van der Waals surface area contributed by atoms with Crippen LogP contribution in [0.15, 0.2) is 34.5 Å². The van der Waals surface area contributed by atoms with E-state index in [4.69, 9.17) is 0 Å². The van der Waals surface area contributed by atoms with Gasteiger partial charge in [-0.3, -0.25) is 9.52 Å². The molecule has 0 unspecified atom stereocenters. The molecule has 0 aliphatic rings. The van der Waals surface area contributed by atoms with E-state index in [1.165, 1.54) is 32.0 Å². The van der Waals surface area contributed by atoms with Crippen molar-refractivity contribution >= 4 is 72.1 Å². The molecule has 1 aromatic heterocycles. The maximum absolute atomic E-state index is 14.5. The minimum Gasteiger partial charge on any atom is -0.349 e. The van der Waals surface area contributed by atoms with Crippen LogP contribution in [0, 0.1) is 27.9 Å². The van der Waals surface area contributed by atoms with Crippen LogP contribution in [0.1, 0.15) is 12.6 Å². The van der Waals surface area contributed by atoms with Crippen LogP contribution in [0.3, 0.4) is 0 Å². The fourth-order valence-electron chi connectivity index (χ4n) is 2.51. The maximum Gasteiger partial charge on any atom is 0.273 e. The lowest BCUT2D eigenvalue weighted by atomic mass is 10.2. The molecule has 13 heteroatoms. The minimum absolute atomic E-state index is 0.0648. The summed E-state index contributed by atoms with van der Waals surface area (Å²) in [5, 5.41) is 4.86. The van der Waals surface area contributed by atoms with E-state index in [-0.39, 0.29) is 26.4 Å². The number of nitrogens with one attached hydrogen (secondary N) is 3. The van der Waals surface area contributed by atoms with E-state index >= 15 is 0 Å². The number of nitrogens with zero attached hydrogens (tertiary/aromatic N) is 1. The summed E-state index contributed by atoms with van der Waals surface area (Å²) >= 11 is 2.58. The van der Waals surface area contributed by atoms with Gasteiger partial charge in [-0.05, 0) is 59.8 Å². The normalized spacial score (nSPS) is 11.3. The highest BCUT2D eigenvalue weighted by atomic mass is 127. The number of benzene rings is 2. The summed E-state index contributed by atoms with van der Waals surface area (Å²) in [7, 11) is -4.29. The minimum atomic E-state index is -4.29. The van der Waals surface area contributed by atoms with Gasteiger partial charge in [0.15, 0.2) is 21.0 Å². The number of thiazole rings is 1. The molecule has 0 aliphatic heterocycles. The Morgan fingerprint density at radius 3 is 2.42 bits per heavy atom. The Labute approximate surface area is 193 Å². The molecule has 1 heterocycles. The van der Waals surface area contributed by atoms with Crippen molar-refractivity contribution in [1.29, 1.82) is 0 Å². The topological polar surface area (TPSA) is 100 Å². The first-order valence-corrected chi connectivity index (χ1v) is 11.8. The summed E-state index contributed by atoms with van der Waals surface area (Å²) in [5.74, 6) is -3.81. The highest BCUT2D eigenvalue weighted by molar-refractivity contribution is 14.1. The van der Waals surface area contributed by atoms with E-state index in [9.17, 15) is 26.4 Å². The van der Waals surface area contributed by atoms with Gasteiger partial charge < -0.3 is 10.6 Å². The van der Waals surface area contributed by atoms with Crippen LogP contribution in [0.5, 0.6) is 0 Å². The van der Waals surface area contributed by atoms with Crippen LogP contribution >= 0.6 is 33.9 Å². The Kier molecular flexibility index (Phi) is 6.76. The first kappa shape index (κ1) is 23.3. The predicted octanol–water partition coefficient (Wildman–Crippen LogP) is 4.98. The van der Waals surface area contributed by atoms with Crippen molar-refractivity contribution in [3.05, 3.63) is 57.0 Å². The number of amides is 1. The number of hydrogen-bond acceptors (Lipinski definition) is 6. The Morgan fingerprint density at radius 1 is 1.10 bits per heavy atom. The molecule has 0 saturated heterocycles. The Balaban J connectivity index is 2.00. The van der Waals surface area contributed by atoms with Gasteiger partial charge in [0.25, 0.3) is 10.0 Å². The van der Waals surface area contributed by atoms with Gasteiger partial charge in [-0.25, -0.2) is 26.6 Å². The average molecular weight is 582 g/mol. The third-order valence-corrected chi connectivity index (χ3v) is 7.53. The van der Waals surface area contributed by atoms with E-state index in [1.54, 1.807) is 0 Å². The Hall–Kier alpha value is -2.39. The lowest BCUT2D eigenvalue weighted by molar-refractivity contribution is -0.114. The quantitative estimate of drug-likeness (QED) is 0.357. The fraction of sp³-hybridized carbons (Fsp3) is 0.111. The predicted molar refractivity (Wildman–Crippen MR) is 121 cm³/mol. The second kappa shape index (κ2) is 9.00. The number of aryl methyl sites for hydroxylation is 1. The van der Waals surface area contributed by atoms with Crippen LogP contribution in [-0.2, 0) is 14.8 Å². The van der Waals surface area contributed by atoms with E-state index in [2.05, 4.69) is 20.3 Å². The Bertz CT molecular complexity index is 1280. The zero-order valence-corrected chi connectivity index (χ0v) is 19.7. The fourth-order valence-corrected chi connectivity index (χ4v) is 5.50. The second-order valence-electron chi connectivity index (χ2n) is 6.21. The van der Waals surface area contributed by atoms with Crippen molar-refractivity contribution in [3.8, 4) is 0 Å². The number of halogens is 4. The molecule has 3 aromatic rings. The molecule has 3 N–H and O–H groups in total. The lowest BCUT2D eigenvalue weighted by Gasteiger charge is -2.15. The molecule has 0 atom stereocenters. The smallest absolute Gasteiger partial charge is 0.273 e. The molecule has 0 bridgehead atoms. The molecule has 0 radical (unpaired) electrons. The largest absolute Gasteiger partial charge is 0.349 e. The highest BCUT2D eigenvalue weighted by Gasteiger charge is 2.25. The van der Waals surface area contributed by atoms with Crippen LogP contribution in [-0.4, -0.2) is 19.3 Å². The number of hydrogen-bond donors (Lipinski definition) is 3. The summed E-state index contributed by atoms with van der Waals surface area (Å²) in [6.45, 7) is 2.66. The molecule has 7 nitrogen and oxygen atoms in total. The number of sulfonamides is 1. The first-order chi connectivity index (χ1) is 14.5. The van der Waals surface area contributed by atoms with Crippen LogP contribution < -0.4 is 15.4 Å². The molecule has 31 heavy (non-hydrogen) atoms. The van der Waals surface area contributed by atoms with Crippen molar-refractivity contribution in [2.24, 2.45) is 0 Å². The van der Waals surface area contributed by atoms with Crippen molar-refractivity contribution in [1.82, 2.24) is 4.98 Å². The van der Waals surface area contributed by atoms with Crippen molar-refractivity contribution < 1.29 is 26.4 Å². The zero-order chi connectivity index (χ0) is 22.9. The third kappa shape index (κ3) is 5.27. The van der Waals surface area contributed by atoms with Gasteiger partial charge in [0.05, 0.1) is 17.1 Å². The van der Waals surface area contributed by atoms with E-state index in [1.807, 2.05) is 22.6 Å². The van der Waals surface area contributed by atoms with Gasteiger partial charge >= 0.3 is 0 Å². The highest BCUT2D eigenvalue weighted by Crippen LogP contribution is 2.35. The molecule has 0 fully saturated rings. The van der Waals surface area contributed by atoms with Crippen molar-refractivity contribution in [2.75, 3.05) is 15.4 Å². The Morgan fingerprint density at radius 2 is 1.77 bits per heavy atom. The number of carbonyl (C=O) groups excluding carboxylic acids is 1. The molecule has 164 valence electrons. The molecular weight excluding hydrogens is 568 g/mol. The number of rotatable bonds is 6. The second-order valence-corrected chi connectivity index (χ2v) is 10.3. The summed E-state index contributed by atoms with van der Waals surface area (Å²) < 4.78 is 70.8. The molecule has 0 saturated carbocycles. The molecule has 1 amide bonds. The van der Waals surface area contributed by atoms with Crippen LogP contribution in [0.2, 0.25) is 0 Å². The van der Waals surface area contributed by atoms with Gasteiger partial charge in [0.2, 0.25) is 5.91 Å². The van der Waals surface area contributed by atoms with Gasteiger partial charge in [-0.1, -0.05) is 11.3 Å². The van der Waals surface area contributed by atoms with E-state index in [0.717, 1.165) is 12.1 Å². The number of carbonyl (C=O) groups is 1. The number of anilines is 4. The standard InChI is InChI=1S/C18H14F3IN4O3S2/c1-8-17(30-18(23-8)24-9(2)27)31(28,29)26-14-6-4-11(19)15(21)16(14)25-13-5-3-10(22)7-12(13)20/h3-7,25-26H,1-2H3,(H,23,24,27). The average Bonchev–Trinajstić information content (AvgIpc) is 3.03. The monoisotopic (exact) mass is 582 g/mol. The maximum atomic E-state index is 14.5. The number of aromatic nitrogens is 1. The van der Waals surface area contributed by atoms with E-state index < -0.39 is 39.1 Å². The SMILES string of the molecule is CC(=O)Nc1nc(C)c(S(=O)(=O)Nc2ccc(F)c(F)c2Nc2ccc(I)cc2F)s1. The molecule has 0 spiro atoms. The summed E-state index contributed by atoms with van der Waals surface area (Å²) in [6.07, 6.45) is 0. The van der Waals surface area contributed by atoms with Crippen LogP contribution in [0.4, 0.5) is 35.4 Å². The first-order valence-electron chi connectivity index (χ1n) is 8.46. The molecule has 2 aromatic carbocycles. The summed E-state index contributed by atoms with van der Waals surface area (Å²) in [5.41, 5.74) is -1.01. The van der Waals surface area contributed by atoms with Crippen LogP contribution in [0.25, 0.3) is 0 Å². The molecule has 3 rings (SSSR count). The van der Waals surface area contributed by atoms with Crippen molar-refractivity contribution in [3.63, 3.8) is 0 Å². The van der Waals surface area contributed by atoms with Gasteiger partial charge in [-0.2, -0.15) is 0 Å². The van der Waals surface area contributed by atoms with E-state index in [0.29, 0.717) is 14.9 Å². The summed E-state index contributed by atoms with van der Waals surface area (Å²) in [4.78, 5) is 15.2. The summed E-state index contributed by atoms with van der Waals surface area (Å²) in [6, 6.07) is 5.77. The third-order valence-electron chi connectivity index (χ3n) is 3.81. The molecular formula is C18H14F3IN4O3S2. The lowest BCUT2D eigenvalue weighted by Crippen LogP contribution is -2.15. The van der Waals surface area contributed by atoms with Gasteiger partial charge in [0, 0.05) is 10.5 Å². The van der Waals surface area contributed by atoms with Gasteiger partial charge in [0.1, 0.15) is 11.5 Å².